The van der Waals surface area contributed by atoms with Crippen molar-refractivity contribution < 1.29 is 9.18 Å². The number of anilines is 1. The molecular weight excluding hydrogens is 377 g/mol. The molecule has 0 unspecified atom stereocenters. The number of halogens is 1. The molecule has 0 aliphatic carbocycles. The van der Waals surface area contributed by atoms with Crippen LogP contribution in [0.5, 0.6) is 0 Å². The molecule has 0 bridgehead atoms. The Balaban J connectivity index is 1.55. The Morgan fingerprint density at radius 3 is 2.33 bits per heavy atom. The largest absolute Gasteiger partial charge is 0.319 e. The third kappa shape index (κ3) is 4.70. The predicted molar refractivity (Wildman–Crippen MR) is 117 cm³/mol. The van der Waals surface area contributed by atoms with Crippen LogP contribution >= 0.6 is 0 Å². The van der Waals surface area contributed by atoms with Gasteiger partial charge in [-0.25, -0.2) is 4.39 Å². The van der Waals surface area contributed by atoms with Crippen LogP contribution in [0.4, 0.5) is 10.1 Å². The van der Waals surface area contributed by atoms with Crippen molar-refractivity contribution in [3.63, 3.8) is 0 Å². The lowest BCUT2D eigenvalue weighted by Crippen LogP contribution is -2.13. The standard InChI is InChI=1S/C25H20FN3O/c26-24-14-8-7-13-21(24)17-29-18-22(16-27-29)28-25(30)23(20-11-5-2-6-12-20)15-19-9-3-1-4-10-19/h1-16,18H,17H2,(H,28,30)/b23-15-. The van der Waals surface area contributed by atoms with Gasteiger partial charge in [-0.05, 0) is 23.3 Å². The zero-order valence-electron chi connectivity index (χ0n) is 16.2. The number of nitrogens with one attached hydrogen (secondary N) is 1. The van der Waals surface area contributed by atoms with Gasteiger partial charge in [-0.15, -0.1) is 0 Å². The number of carbonyl (C=O) groups is 1. The highest BCUT2D eigenvalue weighted by molar-refractivity contribution is 6.29. The molecule has 0 spiro atoms. The summed E-state index contributed by atoms with van der Waals surface area (Å²) in [6.45, 7) is 0.286. The molecule has 30 heavy (non-hydrogen) atoms. The van der Waals surface area contributed by atoms with E-state index < -0.39 is 0 Å². The quantitative estimate of drug-likeness (QED) is 0.357. The van der Waals surface area contributed by atoms with Crippen LogP contribution in [-0.2, 0) is 11.3 Å². The monoisotopic (exact) mass is 397 g/mol. The Hall–Kier alpha value is -3.99. The Morgan fingerprint density at radius 1 is 0.933 bits per heavy atom. The van der Waals surface area contributed by atoms with Gasteiger partial charge in [0.05, 0.1) is 18.4 Å². The number of nitrogens with zero attached hydrogens (tertiary/aromatic N) is 2. The highest BCUT2D eigenvalue weighted by Gasteiger charge is 2.14. The van der Waals surface area contributed by atoms with E-state index in [0.29, 0.717) is 16.8 Å². The Kier molecular flexibility index (Phi) is 5.80. The summed E-state index contributed by atoms with van der Waals surface area (Å²) in [4.78, 5) is 13.1. The lowest BCUT2D eigenvalue weighted by atomic mass is 10.0. The third-order valence-corrected chi connectivity index (χ3v) is 4.62. The molecule has 0 aliphatic rings. The second-order valence-corrected chi connectivity index (χ2v) is 6.81. The van der Waals surface area contributed by atoms with Crippen molar-refractivity contribution >= 4 is 23.2 Å². The van der Waals surface area contributed by atoms with Crippen LogP contribution in [-0.4, -0.2) is 15.7 Å². The smallest absolute Gasteiger partial charge is 0.256 e. The van der Waals surface area contributed by atoms with E-state index in [4.69, 9.17) is 0 Å². The van der Waals surface area contributed by atoms with Gasteiger partial charge in [-0.2, -0.15) is 5.10 Å². The first-order chi connectivity index (χ1) is 14.7. The molecule has 3 aromatic carbocycles. The van der Waals surface area contributed by atoms with Crippen LogP contribution in [0.3, 0.4) is 0 Å². The predicted octanol–water partition coefficient (Wildman–Crippen LogP) is 5.25. The second kappa shape index (κ2) is 9.01. The zero-order chi connectivity index (χ0) is 20.8. The Morgan fingerprint density at radius 2 is 1.60 bits per heavy atom. The van der Waals surface area contributed by atoms with Crippen molar-refractivity contribution in [3.05, 3.63) is 120 Å². The topological polar surface area (TPSA) is 46.9 Å². The number of amides is 1. The van der Waals surface area contributed by atoms with Gasteiger partial charge in [0.25, 0.3) is 5.91 Å². The average Bonchev–Trinajstić information content (AvgIpc) is 3.21. The summed E-state index contributed by atoms with van der Waals surface area (Å²) in [6.07, 6.45) is 5.10. The fourth-order valence-corrected chi connectivity index (χ4v) is 3.13. The van der Waals surface area contributed by atoms with E-state index in [0.717, 1.165) is 11.1 Å². The van der Waals surface area contributed by atoms with Crippen LogP contribution < -0.4 is 5.32 Å². The fourth-order valence-electron chi connectivity index (χ4n) is 3.13. The van der Waals surface area contributed by atoms with Crippen molar-refractivity contribution in [2.75, 3.05) is 5.32 Å². The summed E-state index contributed by atoms with van der Waals surface area (Å²) >= 11 is 0. The summed E-state index contributed by atoms with van der Waals surface area (Å²) in [5.74, 6) is -0.522. The maximum absolute atomic E-state index is 13.9. The van der Waals surface area contributed by atoms with Gasteiger partial charge in [-0.1, -0.05) is 78.9 Å². The SMILES string of the molecule is O=C(Nc1cnn(Cc2ccccc2F)c1)/C(=C\c1ccccc1)c1ccccc1. The van der Waals surface area contributed by atoms with Crippen LogP contribution in [0.1, 0.15) is 16.7 Å². The van der Waals surface area contributed by atoms with Gasteiger partial charge >= 0.3 is 0 Å². The minimum atomic E-state index is -0.282. The van der Waals surface area contributed by atoms with Crippen LogP contribution in [0.15, 0.2) is 97.3 Å². The first-order valence-corrected chi connectivity index (χ1v) is 9.58. The molecule has 4 rings (SSSR count). The molecule has 148 valence electrons. The summed E-state index contributed by atoms with van der Waals surface area (Å²) < 4.78 is 15.5. The average molecular weight is 397 g/mol. The minimum absolute atomic E-state index is 0.240. The maximum atomic E-state index is 13.9. The van der Waals surface area contributed by atoms with Crippen molar-refractivity contribution in [3.8, 4) is 0 Å². The second-order valence-electron chi connectivity index (χ2n) is 6.81. The molecule has 1 N–H and O–H groups in total. The molecule has 4 aromatic rings. The van der Waals surface area contributed by atoms with E-state index in [1.165, 1.54) is 6.07 Å². The summed E-state index contributed by atoms with van der Waals surface area (Å²) in [5.41, 5.74) is 3.38. The van der Waals surface area contributed by atoms with Gasteiger partial charge in [-0.3, -0.25) is 9.48 Å². The molecular formula is C25H20FN3O. The molecule has 0 atom stereocenters. The van der Waals surface area contributed by atoms with E-state index in [1.807, 2.05) is 66.7 Å². The number of hydrogen-bond donors (Lipinski definition) is 1. The lowest BCUT2D eigenvalue weighted by molar-refractivity contribution is -0.111. The van der Waals surface area contributed by atoms with E-state index >= 15 is 0 Å². The molecule has 5 heteroatoms. The van der Waals surface area contributed by atoms with Crippen molar-refractivity contribution in [1.29, 1.82) is 0 Å². The molecule has 0 saturated carbocycles. The normalized spacial score (nSPS) is 11.3. The van der Waals surface area contributed by atoms with Gasteiger partial charge in [0.15, 0.2) is 0 Å². The molecule has 1 aromatic heterocycles. The van der Waals surface area contributed by atoms with Gasteiger partial charge < -0.3 is 5.32 Å². The van der Waals surface area contributed by atoms with Crippen molar-refractivity contribution in [2.24, 2.45) is 0 Å². The maximum Gasteiger partial charge on any atom is 0.256 e. The summed E-state index contributed by atoms with van der Waals surface area (Å²) in [5, 5.41) is 7.13. The van der Waals surface area contributed by atoms with Gasteiger partial charge in [0.1, 0.15) is 5.82 Å². The van der Waals surface area contributed by atoms with E-state index in [9.17, 15) is 9.18 Å². The minimum Gasteiger partial charge on any atom is -0.319 e. The zero-order valence-corrected chi connectivity index (χ0v) is 16.2. The van der Waals surface area contributed by atoms with Crippen LogP contribution in [0.2, 0.25) is 0 Å². The van der Waals surface area contributed by atoms with E-state index in [1.54, 1.807) is 35.3 Å². The molecule has 1 heterocycles. The van der Waals surface area contributed by atoms with Gasteiger partial charge in [0.2, 0.25) is 0 Å². The number of rotatable bonds is 6. The number of benzene rings is 3. The first-order valence-electron chi connectivity index (χ1n) is 9.58. The fraction of sp³-hybridized carbons (Fsp3) is 0.0400. The Bertz CT molecular complexity index is 1170. The van der Waals surface area contributed by atoms with Crippen molar-refractivity contribution in [2.45, 2.75) is 6.54 Å². The molecule has 1 amide bonds. The highest BCUT2D eigenvalue weighted by Crippen LogP contribution is 2.21. The number of aromatic nitrogens is 2. The number of carbonyl (C=O) groups excluding carboxylic acids is 1. The Labute approximate surface area is 174 Å². The molecule has 0 aliphatic heterocycles. The van der Waals surface area contributed by atoms with E-state index in [-0.39, 0.29) is 18.3 Å². The lowest BCUT2D eigenvalue weighted by Gasteiger charge is -2.08. The van der Waals surface area contributed by atoms with E-state index in [2.05, 4.69) is 10.4 Å². The van der Waals surface area contributed by atoms with Crippen LogP contribution in [0, 0.1) is 5.82 Å². The summed E-state index contributed by atoms with van der Waals surface area (Å²) in [7, 11) is 0. The summed E-state index contributed by atoms with van der Waals surface area (Å²) in [6, 6.07) is 25.8. The third-order valence-electron chi connectivity index (χ3n) is 4.62. The van der Waals surface area contributed by atoms with Crippen molar-refractivity contribution in [1.82, 2.24) is 9.78 Å². The molecule has 0 fully saturated rings. The first kappa shape index (κ1) is 19.3. The van der Waals surface area contributed by atoms with Gasteiger partial charge in [0, 0.05) is 17.3 Å². The van der Waals surface area contributed by atoms with Crippen LogP contribution in [0.25, 0.3) is 11.6 Å². The molecule has 0 radical (unpaired) electrons. The molecule has 4 nitrogen and oxygen atoms in total. The molecule has 0 saturated heterocycles. The highest BCUT2D eigenvalue weighted by atomic mass is 19.1. The number of hydrogen-bond acceptors (Lipinski definition) is 2.